The lowest BCUT2D eigenvalue weighted by atomic mass is 9.86. The smallest absolute Gasteiger partial charge is 0.226 e. The molecule has 476 valence electrons. The van der Waals surface area contributed by atoms with E-state index in [2.05, 4.69) is 166 Å². The van der Waals surface area contributed by atoms with Gasteiger partial charge in [0.2, 0.25) is 5.91 Å². The minimum Gasteiger partial charge on any atom is -0.359 e. The number of allylic oxidation sites excluding steroid dienone is 2. The summed E-state index contributed by atoms with van der Waals surface area (Å²) in [5, 5.41) is 10.2. The zero-order chi connectivity index (χ0) is 63.3. The van der Waals surface area contributed by atoms with Crippen LogP contribution >= 0.6 is 11.6 Å². The molecular formula is C75H119ClFN5O3. The summed E-state index contributed by atoms with van der Waals surface area (Å²) in [6, 6.07) is 19.6. The molecule has 0 atom stereocenters. The molecule has 85 heavy (non-hydrogen) atoms. The summed E-state index contributed by atoms with van der Waals surface area (Å²) in [4.78, 5) is 44.1. The Balaban J connectivity index is -0.000000980. The summed E-state index contributed by atoms with van der Waals surface area (Å²) < 4.78 is 13.5. The first-order chi connectivity index (χ1) is 37.7. The molecule has 0 unspecified atom stereocenters. The van der Waals surface area contributed by atoms with Gasteiger partial charge < -0.3 is 16.0 Å². The first kappa shape index (κ1) is 83.3. The summed E-state index contributed by atoms with van der Waals surface area (Å²) in [5.41, 5.74) is 15.6. The number of aryl methyl sites for hydroxylation is 2. The number of amides is 1. The topological polar surface area (TPSA) is 113 Å². The summed E-state index contributed by atoms with van der Waals surface area (Å²) >= 11 is 6.14. The van der Waals surface area contributed by atoms with E-state index in [1.807, 2.05) is 107 Å². The zero-order valence-electron chi connectivity index (χ0n) is 55.3. The second kappa shape index (κ2) is 38.3. The molecule has 0 aliphatic rings. The van der Waals surface area contributed by atoms with Gasteiger partial charge >= 0.3 is 0 Å². The number of carbonyl (C=O) groups excluding carboxylic acids is 3. The SMILES string of the molecule is C.C.C.C=C(Nc1ccc(Cl)c(C(C)C)c1)C(C)C.C=C(Nc1ccc(F)c(C(C)C)c1)C(C)C.Cc1c(NC(=O)C(C)C)cncc1C(C)C.Cc1ccc(CC(=O)C(C)(C)C)cc1C(C)C.Cc1cnc(CC(=O)C(C)(C)C)cc1C(C)C. The van der Waals surface area contributed by atoms with Crippen LogP contribution in [0.25, 0.3) is 0 Å². The molecule has 5 rings (SSSR count). The zero-order valence-corrected chi connectivity index (χ0v) is 56.1. The maximum Gasteiger partial charge on any atom is 0.226 e. The number of nitrogens with zero attached hydrogens (tertiary/aromatic N) is 2. The van der Waals surface area contributed by atoms with E-state index in [9.17, 15) is 18.8 Å². The van der Waals surface area contributed by atoms with Gasteiger partial charge in [-0.05, 0) is 155 Å². The quantitative estimate of drug-likeness (QED) is 0.0850. The number of hydrogen-bond acceptors (Lipinski definition) is 7. The van der Waals surface area contributed by atoms with E-state index in [0.29, 0.717) is 54.1 Å². The highest BCUT2D eigenvalue weighted by Crippen LogP contribution is 2.30. The summed E-state index contributed by atoms with van der Waals surface area (Å²) in [5.74, 6) is 3.24. The third-order valence-corrected chi connectivity index (χ3v) is 14.4. The van der Waals surface area contributed by atoms with Gasteiger partial charge in [0, 0.05) is 75.5 Å². The van der Waals surface area contributed by atoms with Gasteiger partial charge in [0.25, 0.3) is 0 Å². The fraction of sp³-hybridized carbons (Fsp3) is 0.533. The van der Waals surface area contributed by atoms with E-state index in [-0.39, 0.29) is 62.5 Å². The average molecular weight is 1190 g/mol. The maximum absolute atomic E-state index is 13.5. The van der Waals surface area contributed by atoms with Crippen LogP contribution in [0, 0.1) is 55.2 Å². The van der Waals surface area contributed by atoms with Crippen LogP contribution in [-0.2, 0) is 27.2 Å². The first-order valence-corrected chi connectivity index (χ1v) is 29.9. The monoisotopic (exact) mass is 1190 g/mol. The lowest BCUT2D eigenvalue weighted by Gasteiger charge is -2.17. The van der Waals surface area contributed by atoms with Gasteiger partial charge in [-0.2, -0.15) is 0 Å². The predicted octanol–water partition coefficient (Wildman–Crippen LogP) is 22.5. The van der Waals surface area contributed by atoms with Crippen LogP contribution in [0.5, 0.6) is 0 Å². The molecule has 3 N–H and O–H groups in total. The molecule has 0 saturated carbocycles. The van der Waals surface area contributed by atoms with Crippen molar-refractivity contribution >= 4 is 46.1 Å². The number of carbonyl (C=O) groups is 3. The number of rotatable bonds is 17. The number of halogens is 2. The molecule has 0 aliphatic carbocycles. The lowest BCUT2D eigenvalue weighted by Crippen LogP contribution is -2.22. The highest BCUT2D eigenvalue weighted by molar-refractivity contribution is 6.31. The molecule has 0 radical (unpaired) electrons. The summed E-state index contributed by atoms with van der Waals surface area (Å²) in [7, 11) is 0. The molecule has 0 spiro atoms. The fourth-order valence-corrected chi connectivity index (χ4v) is 8.26. The van der Waals surface area contributed by atoms with Crippen molar-refractivity contribution in [2.24, 2.45) is 28.6 Å². The van der Waals surface area contributed by atoms with Crippen molar-refractivity contribution in [2.75, 3.05) is 16.0 Å². The van der Waals surface area contributed by atoms with E-state index >= 15 is 0 Å². The average Bonchev–Trinajstić information content (AvgIpc) is 3.55. The van der Waals surface area contributed by atoms with Crippen LogP contribution in [0.3, 0.4) is 0 Å². The third-order valence-electron chi connectivity index (χ3n) is 14.1. The lowest BCUT2D eigenvalue weighted by molar-refractivity contribution is -0.126. The molecule has 0 aliphatic heterocycles. The number of nitrogens with one attached hydrogen (secondary N) is 3. The maximum atomic E-state index is 13.5. The molecule has 1 amide bonds. The number of ketones is 2. The van der Waals surface area contributed by atoms with E-state index in [1.165, 1.54) is 39.4 Å². The minimum atomic E-state index is -0.287. The van der Waals surface area contributed by atoms with E-state index < -0.39 is 0 Å². The van der Waals surface area contributed by atoms with Crippen LogP contribution in [0.2, 0.25) is 5.02 Å². The summed E-state index contributed by atoms with van der Waals surface area (Å²) in [6.07, 6.45) is 6.43. The Kier molecular flexibility index (Phi) is 37.5. The Bertz CT molecular complexity index is 2710. The van der Waals surface area contributed by atoms with Crippen molar-refractivity contribution in [2.45, 2.75) is 238 Å². The molecule has 0 saturated heterocycles. The van der Waals surface area contributed by atoms with Gasteiger partial charge in [0.15, 0.2) is 0 Å². The van der Waals surface area contributed by atoms with Crippen molar-refractivity contribution in [3.63, 3.8) is 0 Å². The second-order valence-corrected chi connectivity index (χ2v) is 26.7. The number of anilines is 3. The molecular weight excluding hydrogens is 1070 g/mol. The van der Waals surface area contributed by atoms with E-state index in [0.717, 1.165) is 55.9 Å². The molecule has 2 aromatic heterocycles. The number of benzene rings is 3. The van der Waals surface area contributed by atoms with Crippen molar-refractivity contribution in [1.29, 1.82) is 0 Å². The largest absolute Gasteiger partial charge is 0.359 e. The molecule has 2 heterocycles. The summed E-state index contributed by atoms with van der Waals surface area (Å²) in [6.45, 7) is 59.3. The van der Waals surface area contributed by atoms with Crippen LogP contribution < -0.4 is 16.0 Å². The van der Waals surface area contributed by atoms with Crippen molar-refractivity contribution < 1.29 is 18.8 Å². The second-order valence-electron chi connectivity index (χ2n) is 26.3. The normalized spacial score (nSPS) is 11.0. The van der Waals surface area contributed by atoms with Crippen LogP contribution in [0.15, 0.2) is 104 Å². The highest BCUT2D eigenvalue weighted by atomic mass is 35.5. The first-order valence-electron chi connectivity index (χ1n) is 29.6. The number of hydrogen-bond donors (Lipinski definition) is 3. The van der Waals surface area contributed by atoms with Crippen LogP contribution in [-0.4, -0.2) is 27.4 Å². The van der Waals surface area contributed by atoms with Gasteiger partial charge in [-0.3, -0.25) is 24.4 Å². The van der Waals surface area contributed by atoms with Gasteiger partial charge in [-0.15, -0.1) is 0 Å². The van der Waals surface area contributed by atoms with Crippen LogP contribution in [0.1, 0.15) is 260 Å². The number of pyridine rings is 2. The van der Waals surface area contributed by atoms with Gasteiger partial charge in [0.05, 0.1) is 11.9 Å². The Labute approximate surface area is 525 Å². The van der Waals surface area contributed by atoms with Crippen molar-refractivity contribution in [3.8, 4) is 0 Å². The number of Topliss-reactive ketones (excluding diaryl/α,β-unsaturated/α-hetero) is 2. The van der Waals surface area contributed by atoms with E-state index in [1.54, 1.807) is 12.3 Å². The van der Waals surface area contributed by atoms with Crippen LogP contribution in [0.4, 0.5) is 21.5 Å². The Hall–Kier alpha value is -5.93. The predicted molar refractivity (Wildman–Crippen MR) is 373 cm³/mol. The van der Waals surface area contributed by atoms with Gasteiger partial charge in [-0.1, -0.05) is 218 Å². The Morgan fingerprint density at radius 2 is 0.941 bits per heavy atom. The third kappa shape index (κ3) is 29.3. The van der Waals surface area contributed by atoms with Crippen molar-refractivity contribution in [3.05, 3.63) is 170 Å². The molecule has 0 bridgehead atoms. The fourth-order valence-electron chi connectivity index (χ4n) is 7.92. The molecule has 3 aromatic carbocycles. The Morgan fingerprint density at radius 3 is 1.38 bits per heavy atom. The van der Waals surface area contributed by atoms with Crippen molar-refractivity contribution in [1.82, 2.24) is 9.97 Å². The Morgan fingerprint density at radius 1 is 0.506 bits per heavy atom. The standard InChI is InChI=1S/C16H24O.C15H23NO.C14H20ClN.C14H20FN.C13H20N2O.3CH4/c1-11(2)14-9-13(8-7-12(14)3)10-15(17)16(4,5)6;1-10(2)13-7-12(16-9-11(13)3)8-14(17)15(4,5)6;2*1-9(2)11(5)16-12-6-7-14(15)13(8-12)10(3)4;1-8(2)11-6-14-7-12(10(11)5)15-13(16)9(3)4;;;/h7-9,11H,10H2,1-6H3;7,9-10H,8H2,1-6H3;2*6-10,16H,5H2,1-4H3;6-9H,1-5H3,(H,15,16);3*1H4. The molecule has 5 aromatic rings. The number of aromatic nitrogens is 2. The van der Waals surface area contributed by atoms with Gasteiger partial charge in [-0.25, -0.2) is 4.39 Å². The molecule has 0 fully saturated rings. The molecule has 8 nitrogen and oxygen atoms in total. The molecule has 10 heteroatoms. The minimum absolute atomic E-state index is 0. The highest BCUT2D eigenvalue weighted by Gasteiger charge is 2.23. The van der Waals surface area contributed by atoms with Gasteiger partial charge in [0.1, 0.15) is 17.4 Å². The van der Waals surface area contributed by atoms with E-state index in [4.69, 9.17) is 11.6 Å².